The highest BCUT2D eigenvalue weighted by Crippen LogP contribution is 2.36. The van der Waals surface area contributed by atoms with Gasteiger partial charge in [-0.05, 0) is 96.8 Å². The smallest absolute Gasteiger partial charge is 0.266 e. The van der Waals surface area contributed by atoms with E-state index in [0.717, 1.165) is 9.80 Å². The normalized spacial score (nSPS) is 14.4. The molecule has 0 atom stereocenters. The highest BCUT2D eigenvalue weighted by Gasteiger charge is 2.39. The predicted octanol–water partition coefficient (Wildman–Crippen LogP) is 4.98. The second-order valence-electron chi connectivity index (χ2n) is 9.35. The van der Waals surface area contributed by atoms with Gasteiger partial charge in [-0.25, -0.2) is 9.80 Å². The van der Waals surface area contributed by atoms with Crippen LogP contribution in [0.4, 0.5) is 11.4 Å². The van der Waals surface area contributed by atoms with Crippen molar-refractivity contribution in [1.82, 2.24) is 0 Å². The number of imide groups is 2. The minimum atomic E-state index is -0.488. The van der Waals surface area contributed by atoms with Crippen LogP contribution in [0.25, 0.3) is 11.1 Å². The monoisotopic (exact) mass is 504 g/mol. The zero-order chi connectivity index (χ0) is 26.9. The van der Waals surface area contributed by atoms with E-state index in [1.54, 1.807) is 62.4 Å². The summed E-state index contributed by atoms with van der Waals surface area (Å²) in [7, 11) is 0. The molecule has 4 amide bonds. The Labute approximate surface area is 217 Å². The molecule has 186 valence electrons. The molecule has 8 nitrogen and oxygen atoms in total. The van der Waals surface area contributed by atoms with Gasteiger partial charge in [0.1, 0.15) is 11.5 Å². The molecule has 4 aromatic carbocycles. The summed E-state index contributed by atoms with van der Waals surface area (Å²) in [6.07, 6.45) is 0. The van der Waals surface area contributed by atoms with Gasteiger partial charge in [0.2, 0.25) is 0 Å². The zero-order valence-corrected chi connectivity index (χ0v) is 20.4. The van der Waals surface area contributed by atoms with E-state index in [2.05, 4.69) is 0 Å². The molecule has 0 aromatic heterocycles. The van der Waals surface area contributed by atoms with Crippen LogP contribution in [0.5, 0.6) is 11.5 Å². The maximum Gasteiger partial charge on any atom is 0.266 e. The molecule has 0 bridgehead atoms. The third kappa shape index (κ3) is 3.31. The van der Waals surface area contributed by atoms with Gasteiger partial charge in [-0.1, -0.05) is 12.1 Å². The number of anilines is 2. The van der Waals surface area contributed by atoms with Crippen molar-refractivity contribution >= 4 is 35.0 Å². The number of phenolic OH excluding ortho intramolecular Hbond substituents is 2. The van der Waals surface area contributed by atoms with Crippen molar-refractivity contribution in [3.63, 3.8) is 0 Å². The van der Waals surface area contributed by atoms with E-state index < -0.39 is 23.6 Å². The Hall–Kier alpha value is -5.24. The van der Waals surface area contributed by atoms with Gasteiger partial charge in [0.25, 0.3) is 23.6 Å². The number of hydrogen-bond donors (Lipinski definition) is 2. The number of hydrogen-bond acceptors (Lipinski definition) is 6. The zero-order valence-electron chi connectivity index (χ0n) is 20.4. The summed E-state index contributed by atoms with van der Waals surface area (Å²) in [6.45, 7) is 3.36. The lowest BCUT2D eigenvalue weighted by Gasteiger charge is -2.14. The first-order chi connectivity index (χ1) is 18.2. The number of phenols is 2. The molecule has 8 heteroatoms. The first-order valence-corrected chi connectivity index (χ1v) is 11.8. The topological polar surface area (TPSA) is 115 Å². The second kappa shape index (κ2) is 8.14. The van der Waals surface area contributed by atoms with Crippen molar-refractivity contribution in [2.75, 3.05) is 9.80 Å². The first-order valence-electron chi connectivity index (χ1n) is 11.8. The van der Waals surface area contributed by atoms with Crippen molar-refractivity contribution in [2.24, 2.45) is 0 Å². The number of carbonyl (C=O) groups is 4. The number of aromatic hydroxyl groups is 2. The van der Waals surface area contributed by atoms with Gasteiger partial charge in [-0.2, -0.15) is 0 Å². The lowest BCUT2D eigenvalue weighted by atomic mass is 9.97. The minimum absolute atomic E-state index is 0.0661. The Morgan fingerprint density at radius 1 is 0.474 bits per heavy atom. The third-order valence-corrected chi connectivity index (χ3v) is 6.98. The summed E-state index contributed by atoms with van der Waals surface area (Å²) in [4.78, 5) is 54.7. The van der Waals surface area contributed by atoms with Gasteiger partial charge in [-0.15, -0.1) is 0 Å². The minimum Gasteiger partial charge on any atom is -0.508 e. The average molecular weight is 504 g/mol. The van der Waals surface area contributed by atoms with Crippen LogP contribution in [-0.2, 0) is 0 Å². The summed E-state index contributed by atoms with van der Waals surface area (Å²) in [5.41, 5.74) is 3.97. The van der Waals surface area contributed by atoms with Gasteiger partial charge in [0, 0.05) is 0 Å². The summed E-state index contributed by atoms with van der Waals surface area (Å²) in [6, 6.07) is 18.8. The summed E-state index contributed by atoms with van der Waals surface area (Å²) in [5, 5.41) is 19.6. The highest BCUT2D eigenvalue weighted by molar-refractivity contribution is 6.35. The first kappa shape index (κ1) is 23.2. The Morgan fingerprint density at radius 2 is 0.842 bits per heavy atom. The molecule has 2 N–H and O–H groups in total. The molecule has 6 rings (SSSR count). The van der Waals surface area contributed by atoms with E-state index >= 15 is 0 Å². The van der Waals surface area contributed by atoms with Crippen molar-refractivity contribution in [3.05, 3.63) is 106 Å². The largest absolute Gasteiger partial charge is 0.508 e. The molecule has 0 saturated carbocycles. The number of rotatable bonds is 3. The number of nitrogens with zero attached hydrogens (tertiary/aromatic N) is 2. The molecule has 2 heterocycles. The maximum atomic E-state index is 13.2. The maximum absolute atomic E-state index is 13.2. The fraction of sp³-hybridized carbons (Fsp3) is 0.0667. The number of fused-ring (bicyclic) bond motifs is 2. The van der Waals surface area contributed by atoms with Crippen LogP contribution >= 0.6 is 0 Å². The standard InChI is InChI=1S/C30H20N2O6/c1-15-11-19(5-9-25(15)33)31-27(35)21-7-3-17(13-23(21)29(31)37)18-4-8-22-24(14-18)30(38)32(28(22)36)20-6-10-26(34)16(2)12-20/h3-14,33-34H,1-2H3. The second-order valence-corrected chi connectivity index (χ2v) is 9.35. The molecule has 2 aliphatic rings. The number of amides is 4. The lowest BCUT2D eigenvalue weighted by Crippen LogP contribution is -2.29. The third-order valence-electron chi connectivity index (χ3n) is 6.98. The van der Waals surface area contributed by atoms with Gasteiger partial charge >= 0.3 is 0 Å². The van der Waals surface area contributed by atoms with E-state index in [1.807, 2.05) is 0 Å². The van der Waals surface area contributed by atoms with E-state index in [4.69, 9.17) is 0 Å². The van der Waals surface area contributed by atoms with Crippen LogP contribution in [0.3, 0.4) is 0 Å². The Morgan fingerprint density at radius 3 is 1.21 bits per heavy atom. The number of carbonyl (C=O) groups excluding carboxylic acids is 4. The molecule has 2 aliphatic heterocycles. The van der Waals surface area contributed by atoms with Crippen molar-refractivity contribution in [1.29, 1.82) is 0 Å². The van der Waals surface area contributed by atoms with E-state index in [0.29, 0.717) is 33.6 Å². The van der Waals surface area contributed by atoms with Crippen LogP contribution in [-0.4, -0.2) is 33.8 Å². The molecule has 0 spiro atoms. The molecule has 0 saturated heterocycles. The molecule has 0 fully saturated rings. The van der Waals surface area contributed by atoms with Gasteiger partial charge in [0.15, 0.2) is 0 Å². The molecular formula is C30H20N2O6. The van der Waals surface area contributed by atoms with Crippen LogP contribution in [0.1, 0.15) is 52.6 Å². The summed E-state index contributed by atoms with van der Waals surface area (Å²) < 4.78 is 0. The van der Waals surface area contributed by atoms with Crippen LogP contribution < -0.4 is 9.80 Å². The molecule has 0 radical (unpaired) electrons. The van der Waals surface area contributed by atoms with Crippen LogP contribution in [0.15, 0.2) is 72.8 Å². The van der Waals surface area contributed by atoms with E-state index in [9.17, 15) is 29.4 Å². The number of aryl methyl sites for hydroxylation is 2. The fourth-order valence-electron chi connectivity index (χ4n) is 4.87. The highest BCUT2D eigenvalue weighted by atomic mass is 16.3. The Bertz CT molecular complexity index is 1630. The molecule has 4 aromatic rings. The molecule has 38 heavy (non-hydrogen) atoms. The molecule has 0 unspecified atom stereocenters. The number of benzene rings is 4. The Kier molecular flexibility index (Phi) is 4.96. The van der Waals surface area contributed by atoms with Crippen molar-refractivity contribution in [2.45, 2.75) is 13.8 Å². The van der Waals surface area contributed by atoms with Gasteiger partial charge in [-0.3, -0.25) is 19.2 Å². The quantitative estimate of drug-likeness (QED) is 0.380. The lowest BCUT2D eigenvalue weighted by molar-refractivity contribution is 0.0910. The van der Waals surface area contributed by atoms with Crippen LogP contribution in [0.2, 0.25) is 0 Å². The van der Waals surface area contributed by atoms with E-state index in [1.165, 1.54) is 24.3 Å². The van der Waals surface area contributed by atoms with E-state index in [-0.39, 0.29) is 33.8 Å². The Balaban J connectivity index is 1.35. The molecular weight excluding hydrogens is 484 g/mol. The van der Waals surface area contributed by atoms with Crippen LogP contribution in [0, 0.1) is 13.8 Å². The fourth-order valence-corrected chi connectivity index (χ4v) is 4.87. The average Bonchev–Trinajstić information content (AvgIpc) is 3.31. The summed E-state index contributed by atoms with van der Waals surface area (Å²) >= 11 is 0. The SMILES string of the molecule is Cc1cc(N2C(=O)c3ccc(-c4ccc5c(c4)C(=O)N(c4ccc(O)c(C)c4)C5=O)cc3C2=O)ccc1O. The van der Waals surface area contributed by atoms with Gasteiger partial charge in [0.05, 0.1) is 33.6 Å². The van der Waals surface area contributed by atoms with Crippen molar-refractivity contribution in [3.8, 4) is 22.6 Å². The summed E-state index contributed by atoms with van der Waals surface area (Å²) in [5.74, 6) is -1.77. The van der Waals surface area contributed by atoms with Gasteiger partial charge < -0.3 is 10.2 Å². The molecule has 0 aliphatic carbocycles. The predicted molar refractivity (Wildman–Crippen MR) is 140 cm³/mol. The van der Waals surface area contributed by atoms with Crippen molar-refractivity contribution < 1.29 is 29.4 Å².